The lowest BCUT2D eigenvalue weighted by molar-refractivity contribution is 0.220. The Morgan fingerprint density at radius 3 is 2.64 bits per heavy atom. The van der Waals surface area contributed by atoms with E-state index in [2.05, 4.69) is 5.43 Å². The lowest BCUT2D eigenvalue weighted by Crippen LogP contribution is -2.43. The fourth-order valence-corrected chi connectivity index (χ4v) is 1.75. The van der Waals surface area contributed by atoms with Crippen LogP contribution in [0.5, 0.6) is 0 Å². The molecular formula is C8H17ClN2. The number of nitrogens with two attached hydrogens (primary N) is 1. The molecule has 1 rings (SSSR count). The molecule has 0 aromatic carbocycles. The van der Waals surface area contributed by atoms with Crippen LogP contribution in [-0.2, 0) is 0 Å². The van der Waals surface area contributed by atoms with E-state index < -0.39 is 0 Å². The quantitative estimate of drug-likeness (QED) is 0.380. The van der Waals surface area contributed by atoms with Crippen LogP contribution in [0.2, 0.25) is 0 Å². The van der Waals surface area contributed by atoms with E-state index in [0.717, 1.165) is 24.6 Å². The Bertz CT molecular complexity index is 104. The highest BCUT2D eigenvalue weighted by Crippen LogP contribution is 2.30. The molecule has 0 spiro atoms. The summed E-state index contributed by atoms with van der Waals surface area (Å²) in [7, 11) is 0. The van der Waals surface area contributed by atoms with Crippen molar-refractivity contribution >= 4 is 11.6 Å². The van der Waals surface area contributed by atoms with Gasteiger partial charge in [-0.15, -0.1) is 11.6 Å². The van der Waals surface area contributed by atoms with Crippen molar-refractivity contribution in [2.75, 3.05) is 5.88 Å². The number of alkyl halides is 1. The molecule has 2 nitrogen and oxygen atoms in total. The summed E-state index contributed by atoms with van der Waals surface area (Å²) in [6, 6.07) is 0.516. The zero-order chi connectivity index (χ0) is 8.10. The Morgan fingerprint density at radius 1 is 1.55 bits per heavy atom. The first-order valence-electron chi connectivity index (χ1n) is 4.40. The molecule has 66 valence electrons. The Kier molecular flexibility index (Phi) is 4.20. The maximum Gasteiger partial charge on any atom is 0.0239 e. The molecule has 3 heteroatoms. The van der Waals surface area contributed by atoms with Gasteiger partial charge < -0.3 is 0 Å². The van der Waals surface area contributed by atoms with Crippen molar-refractivity contribution in [3.05, 3.63) is 0 Å². The van der Waals surface area contributed by atoms with Gasteiger partial charge in [-0.3, -0.25) is 11.3 Å². The Balaban J connectivity index is 2.13. The summed E-state index contributed by atoms with van der Waals surface area (Å²) in [5.41, 5.74) is 2.88. The molecular weight excluding hydrogens is 160 g/mol. The topological polar surface area (TPSA) is 38.0 Å². The third kappa shape index (κ3) is 2.62. The van der Waals surface area contributed by atoms with Gasteiger partial charge >= 0.3 is 0 Å². The molecule has 3 N–H and O–H groups in total. The summed E-state index contributed by atoms with van der Waals surface area (Å²) in [4.78, 5) is 0. The van der Waals surface area contributed by atoms with E-state index in [4.69, 9.17) is 17.4 Å². The van der Waals surface area contributed by atoms with E-state index in [1.807, 2.05) is 0 Å². The minimum Gasteiger partial charge on any atom is -0.271 e. The summed E-state index contributed by atoms with van der Waals surface area (Å²) in [5, 5.41) is 0. The van der Waals surface area contributed by atoms with Gasteiger partial charge in [-0.1, -0.05) is 6.42 Å². The van der Waals surface area contributed by atoms with Crippen LogP contribution in [-0.4, -0.2) is 11.9 Å². The van der Waals surface area contributed by atoms with E-state index in [-0.39, 0.29) is 0 Å². The zero-order valence-corrected chi connectivity index (χ0v) is 7.61. The van der Waals surface area contributed by atoms with E-state index in [1.54, 1.807) is 0 Å². The van der Waals surface area contributed by atoms with Gasteiger partial charge in [-0.2, -0.15) is 0 Å². The largest absolute Gasteiger partial charge is 0.271 e. The van der Waals surface area contributed by atoms with Crippen molar-refractivity contribution < 1.29 is 0 Å². The van der Waals surface area contributed by atoms with Gasteiger partial charge in [0.2, 0.25) is 0 Å². The van der Waals surface area contributed by atoms with Crippen molar-refractivity contribution in [2.24, 2.45) is 11.8 Å². The van der Waals surface area contributed by atoms with Gasteiger partial charge in [0.25, 0.3) is 0 Å². The van der Waals surface area contributed by atoms with Crippen molar-refractivity contribution in [1.29, 1.82) is 0 Å². The molecule has 1 unspecified atom stereocenters. The van der Waals surface area contributed by atoms with Gasteiger partial charge in [-0.25, -0.2) is 0 Å². The molecule has 1 aliphatic rings. The number of halogens is 1. The lowest BCUT2D eigenvalue weighted by atomic mass is 9.78. The number of nitrogens with one attached hydrogen (secondary N) is 1. The first-order chi connectivity index (χ1) is 5.38. The first kappa shape index (κ1) is 9.30. The van der Waals surface area contributed by atoms with Gasteiger partial charge in [0, 0.05) is 11.9 Å². The Morgan fingerprint density at radius 2 is 2.27 bits per heavy atom. The normalized spacial score (nSPS) is 21.3. The van der Waals surface area contributed by atoms with Crippen LogP contribution in [0, 0.1) is 5.92 Å². The standard InChI is InChI=1S/C8H17ClN2/c9-6-2-5-8(11-10)7-3-1-4-7/h7-8,11H,1-6,10H2. The highest BCUT2D eigenvalue weighted by Gasteiger charge is 2.25. The number of hydrogen-bond donors (Lipinski definition) is 2. The second kappa shape index (κ2) is 4.96. The molecule has 1 atom stereocenters. The van der Waals surface area contributed by atoms with Gasteiger partial charge in [0.15, 0.2) is 0 Å². The molecule has 1 saturated carbocycles. The molecule has 0 saturated heterocycles. The second-order valence-corrected chi connectivity index (χ2v) is 3.67. The molecule has 0 aromatic heterocycles. The molecule has 0 aliphatic heterocycles. The van der Waals surface area contributed by atoms with Crippen LogP contribution >= 0.6 is 11.6 Å². The maximum absolute atomic E-state index is 5.60. The van der Waals surface area contributed by atoms with Crippen molar-refractivity contribution in [3.63, 3.8) is 0 Å². The smallest absolute Gasteiger partial charge is 0.0239 e. The summed E-state index contributed by atoms with van der Waals surface area (Å²) in [6.07, 6.45) is 6.27. The van der Waals surface area contributed by atoms with Crippen LogP contribution in [0.3, 0.4) is 0 Å². The molecule has 11 heavy (non-hydrogen) atoms. The van der Waals surface area contributed by atoms with Crippen LogP contribution in [0.4, 0.5) is 0 Å². The highest BCUT2D eigenvalue weighted by atomic mass is 35.5. The average Bonchev–Trinajstić information content (AvgIpc) is 1.93. The van der Waals surface area contributed by atoms with Crippen molar-refractivity contribution in [3.8, 4) is 0 Å². The summed E-state index contributed by atoms with van der Waals surface area (Å²) in [5.74, 6) is 7.01. The van der Waals surface area contributed by atoms with Crippen molar-refractivity contribution in [1.82, 2.24) is 5.43 Å². The predicted octanol–water partition coefficient (Wildman–Crippen LogP) is 1.64. The molecule has 0 amide bonds. The Hall–Kier alpha value is 0.210. The van der Waals surface area contributed by atoms with Gasteiger partial charge in [-0.05, 0) is 31.6 Å². The molecule has 0 radical (unpaired) electrons. The fourth-order valence-electron chi connectivity index (χ4n) is 1.59. The third-order valence-corrected chi connectivity index (χ3v) is 2.85. The van der Waals surface area contributed by atoms with E-state index in [0.29, 0.717) is 6.04 Å². The molecule has 0 heterocycles. The lowest BCUT2D eigenvalue weighted by Gasteiger charge is -2.33. The summed E-state index contributed by atoms with van der Waals surface area (Å²) < 4.78 is 0. The fraction of sp³-hybridized carbons (Fsp3) is 1.00. The minimum atomic E-state index is 0.516. The number of hydrogen-bond acceptors (Lipinski definition) is 2. The predicted molar refractivity (Wildman–Crippen MR) is 48.4 cm³/mol. The summed E-state index contributed by atoms with van der Waals surface area (Å²) >= 11 is 5.60. The second-order valence-electron chi connectivity index (χ2n) is 3.30. The molecule has 1 fully saturated rings. The van der Waals surface area contributed by atoms with Gasteiger partial charge in [0.05, 0.1) is 0 Å². The minimum absolute atomic E-state index is 0.516. The van der Waals surface area contributed by atoms with Crippen LogP contribution in [0.1, 0.15) is 32.1 Å². The molecule has 1 aliphatic carbocycles. The van der Waals surface area contributed by atoms with Crippen LogP contribution in [0.25, 0.3) is 0 Å². The number of hydrazine groups is 1. The zero-order valence-electron chi connectivity index (χ0n) is 6.85. The van der Waals surface area contributed by atoms with Crippen LogP contribution < -0.4 is 11.3 Å². The first-order valence-corrected chi connectivity index (χ1v) is 4.94. The molecule has 0 bridgehead atoms. The third-order valence-electron chi connectivity index (χ3n) is 2.58. The highest BCUT2D eigenvalue weighted by molar-refractivity contribution is 6.17. The average molecular weight is 177 g/mol. The van der Waals surface area contributed by atoms with Crippen molar-refractivity contribution in [2.45, 2.75) is 38.1 Å². The van der Waals surface area contributed by atoms with E-state index >= 15 is 0 Å². The SMILES string of the molecule is NNC(CCCCl)C1CCC1. The molecule has 0 aromatic rings. The van der Waals surface area contributed by atoms with E-state index in [9.17, 15) is 0 Å². The number of rotatable bonds is 5. The summed E-state index contributed by atoms with van der Waals surface area (Å²) in [6.45, 7) is 0. The van der Waals surface area contributed by atoms with Gasteiger partial charge in [0.1, 0.15) is 0 Å². The Labute approximate surface area is 73.5 Å². The monoisotopic (exact) mass is 176 g/mol. The van der Waals surface area contributed by atoms with E-state index in [1.165, 1.54) is 19.3 Å². The van der Waals surface area contributed by atoms with Crippen LogP contribution in [0.15, 0.2) is 0 Å². The maximum atomic E-state index is 5.60.